The van der Waals surface area contributed by atoms with Crippen LogP contribution in [0.2, 0.25) is 0 Å². The Balaban J connectivity index is 4.08. The number of amides is 1. The van der Waals surface area contributed by atoms with Gasteiger partial charge >= 0.3 is 12.1 Å². The third-order valence-electron chi connectivity index (χ3n) is 1.97. The van der Waals surface area contributed by atoms with Gasteiger partial charge in [0.15, 0.2) is 0 Å². The third-order valence-corrected chi connectivity index (χ3v) is 3.12. The van der Waals surface area contributed by atoms with E-state index in [1.165, 1.54) is 11.8 Å². The Kier molecular flexibility index (Phi) is 8.30. The minimum Gasteiger partial charge on any atom is -0.480 e. The largest absolute Gasteiger partial charge is 0.480 e. The molecule has 0 spiro atoms. The fourth-order valence-electron chi connectivity index (χ4n) is 1.16. The predicted molar refractivity (Wildman–Crippen MR) is 77.5 cm³/mol. The predicted octanol–water partition coefficient (Wildman–Crippen LogP) is 2.66. The van der Waals surface area contributed by atoms with Gasteiger partial charge in [0, 0.05) is 5.75 Å². The van der Waals surface area contributed by atoms with Crippen LogP contribution in [0.4, 0.5) is 4.79 Å². The van der Waals surface area contributed by atoms with Crippen LogP contribution in [0.25, 0.3) is 0 Å². The van der Waals surface area contributed by atoms with Gasteiger partial charge in [0.05, 0.1) is 0 Å². The van der Waals surface area contributed by atoms with E-state index in [-0.39, 0.29) is 0 Å². The number of alkyl carbamates (subject to hydrolysis) is 1. The molecule has 0 aliphatic rings. The molecular weight excluding hydrogens is 266 g/mol. The molecule has 0 aromatic carbocycles. The molecule has 1 unspecified atom stereocenters. The number of rotatable bonds is 8. The standard InChI is InChI=1S/C13H23NO4S/c1-5-6-7-8-19-9-10(11(15)16)14-12(17)18-13(2,3)4/h5,10H,1,6-9H2,2-4H3,(H,14,17)(H,15,16). The van der Waals surface area contributed by atoms with E-state index in [4.69, 9.17) is 9.84 Å². The van der Waals surface area contributed by atoms with E-state index in [1.807, 2.05) is 6.08 Å². The van der Waals surface area contributed by atoms with Gasteiger partial charge in [0.2, 0.25) is 0 Å². The van der Waals surface area contributed by atoms with E-state index in [9.17, 15) is 9.59 Å². The van der Waals surface area contributed by atoms with Gasteiger partial charge in [0.25, 0.3) is 0 Å². The van der Waals surface area contributed by atoms with E-state index >= 15 is 0 Å². The molecule has 0 aromatic heterocycles. The molecule has 0 heterocycles. The summed E-state index contributed by atoms with van der Waals surface area (Å²) in [5.74, 6) is 0.111. The topological polar surface area (TPSA) is 75.6 Å². The maximum atomic E-state index is 11.5. The molecule has 0 saturated carbocycles. The van der Waals surface area contributed by atoms with E-state index in [0.29, 0.717) is 5.75 Å². The van der Waals surface area contributed by atoms with Crippen molar-refractivity contribution in [2.24, 2.45) is 0 Å². The summed E-state index contributed by atoms with van der Waals surface area (Å²) in [7, 11) is 0. The summed E-state index contributed by atoms with van der Waals surface area (Å²) in [5, 5.41) is 11.4. The number of nitrogens with one attached hydrogen (secondary N) is 1. The number of ether oxygens (including phenoxy) is 1. The Bertz CT molecular complexity index is 312. The molecule has 0 fully saturated rings. The van der Waals surface area contributed by atoms with Gasteiger partial charge in [-0.05, 0) is 39.4 Å². The number of carboxylic acids is 1. The van der Waals surface area contributed by atoms with Crippen molar-refractivity contribution in [1.29, 1.82) is 0 Å². The Morgan fingerprint density at radius 3 is 2.58 bits per heavy atom. The molecule has 1 amide bonds. The van der Waals surface area contributed by atoms with Gasteiger partial charge in [-0.15, -0.1) is 6.58 Å². The third kappa shape index (κ3) is 10.4. The molecule has 2 N–H and O–H groups in total. The SMILES string of the molecule is C=CCCCSCC(NC(=O)OC(C)(C)C)C(=O)O. The summed E-state index contributed by atoms with van der Waals surface area (Å²) in [5.41, 5.74) is -0.635. The van der Waals surface area contributed by atoms with Crippen molar-refractivity contribution in [3.63, 3.8) is 0 Å². The van der Waals surface area contributed by atoms with Gasteiger partial charge in [-0.2, -0.15) is 11.8 Å². The smallest absolute Gasteiger partial charge is 0.408 e. The fourth-order valence-corrected chi connectivity index (χ4v) is 2.15. The van der Waals surface area contributed by atoms with Crippen LogP contribution >= 0.6 is 11.8 Å². The summed E-state index contributed by atoms with van der Waals surface area (Å²) in [6.45, 7) is 8.80. The average Bonchev–Trinajstić information content (AvgIpc) is 2.24. The molecule has 19 heavy (non-hydrogen) atoms. The molecule has 0 bridgehead atoms. The number of hydrogen-bond donors (Lipinski definition) is 2. The lowest BCUT2D eigenvalue weighted by molar-refractivity contribution is -0.138. The number of carbonyl (C=O) groups is 2. The van der Waals surface area contributed by atoms with Gasteiger partial charge in [-0.25, -0.2) is 9.59 Å². The van der Waals surface area contributed by atoms with E-state index in [1.54, 1.807) is 20.8 Å². The van der Waals surface area contributed by atoms with Crippen LogP contribution in [-0.2, 0) is 9.53 Å². The zero-order valence-corrected chi connectivity index (χ0v) is 12.6. The van der Waals surface area contributed by atoms with Crippen molar-refractivity contribution in [3.05, 3.63) is 12.7 Å². The number of aliphatic carboxylic acids is 1. The quantitative estimate of drug-likeness (QED) is 0.531. The van der Waals surface area contributed by atoms with Crippen molar-refractivity contribution in [3.8, 4) is 0 Å². The monoisotopic (exact) mass is 289 g/mol. The molecule has 0 saturated heterocycles. The molecule has 0 rings (SSSR count). The van der Waals surface area contributed by atoms with Gasteiger partial charge in [0.1, 0.15) is 11.6 Å². The normalized spacial score (nSPS) is 12.6. The number of allylic oxidation sites excluding steroid dienone is 1. The van der Waals surface area contributed by atoms with Gasteiger partial charge in [-0.1, -0.05) is 6.08 Å². The molecule has 6 heteroatoms. The molecular formula is C13H23NO4S. The minimum atomic E-state index is -1.05. The molecule has 1 atom stereocenters. The van der Waals surface area contributed by atoms with Gasteiger partial charge in [-0.3, -0.25) is 0 Å². The highest BCUT2D eigenvalue weighted by Crippen LogP contribution is 2.10. The Morgan fingerprint density at radius 1 is 1.47 bits per heavy atom. The van der Waals surface area contributed by atoms with Crippen LogP contribution < -0.4 is 5.32 Å². The Labute approximate surface area is 118 Å². The summed E-state index contributed by atoms with van der Waals surface area (Å²) in [6, 6.07) is -0.927. The summed E-state index contributed by atoms with van der Waals surface area (Å²) in [6.07, 6.45) is 2.98. The Morgan fingerprint density at radius 2 is 2.11 bits per heavy atom. The first-order valence-corrected chi connectivity index (χ1v) is 7.32. The maximum Gasteiger partial charge on any atom is 0.408 e. The molecule has 110 valence electrons. The molecule has 5 nitrogen and oxygen atoms in total. The first kappa shape index (κ1) is 17.8. The van der Waals surface area contributed by atoms with Gasteiger partial charge < -0.3 is 15.2 Å². The van der Waals surface area contributed by atoms with Crippen LogP contribution in [0, 0.1) is 0 Å². The van der Waals surface area contributed by atoms with Crippen LogP contribution in [0.5, 0.6) is 0 Å². The summed E-state index contributed by atoms with van der Waals surface area (Å²) in [4.78, 5) is 22.5. The average molecular weight is 289 g/mol. The van der Waals surface area contributed by atoms with Crippen LogP contribution in [0.1, 0.15) is 33.6 Å². The van der Waals surface area contributed by atoms with Crippen molar-refractivity contribution in [2.45, 2.75) is 45.3 Å². The van der Waals surface area contributed by atoms with Crippen LogP contribution in [-0.4, -0.2) is 40.3 Å². The minimum absolute atomic E-state index is 0.325. The first-order valence-electron chi connectivity index (χ1n) is 6.17. The van der Waals surface area contributed by atoms with Crippen molar-refractivity contribution in [1.82, 2.24) is 5.32 Å². The second-order valence-corrected chi connectivity index (χ2v) is 6.19. The lowest BCUT2D eigenvalue weighted by atomic mass is 10.2. The van der Waals surface area contributed by atoms with Crippen molar-refractivity contribution in [2.75, 3.05) is 11.5 Å². The maximum absolute atomic E-state index is 11.5. The highest BCUT2D eigenvalue weighted by molar-refractivity contribution is 7.99. The second kappa shape index (κ2) is 8.85. The highest BCUT2D eigenvalue weighted by atomic mass is 32.2. The molecule has 0 aliphatic heterocycles. The number of carbonyl (C=O) groups excluding carboxylic acids is 1. The number of thioether (sulfide) groups is 1. The van der Waals surface area contributed by atoms with E-state index in [0.717, 1.165) is 18.6 Å². The zero-order valence-electron chi connectivity index (χ0n) is 11.8. The highest BCUT2D eigenvalue weighted by Gasteiger charge is 2.23. The summed E-state index contributed by atoms with van der Waals surface area (Å²) >= 11 is 1.49. The lowest BCUT2D eigenvalue weighted by Crippen LogP contribution is -2.45. The molecule has 0 aromatic rings. The lowest BCUT2D eigenvalue weighted by Gasteiger charge is -2.21. The van der Waals surface area contributed by atoms with Crippen LogP contribution in [0.3, 0.4) is 0 Å². The van der Waals surface area contributed by atoms with Crippen molar-refractivity contribution >= 4 is 23.8 Å². The number of carboxylic acid groups (broad SMARTS) is 1. The molecule has 0 radical (unpaired) electrons. The number of unbranched alkanes of at least 4 members (excludes halogenated alkanes) is 1. The fraction of sp³-hybridized carbons (Fsp3) is 0.692. The zero-order chi connectivity index (χ0) is 14.9. The first-order chi connectivity index (χ1) is 8.76. The molecule has 0 aliphatic carbocycles. The van der Waals surface area contributed by atoms with E-state index < -0.39 is 23.7 Å². The summed E-state index contributed by atoms with van der Waals surface area (Å²) < 4.78 is 5.03. The van der Waals surface area contributed by atoms with Crippen LogP contribution in [0.15, 0.2) is 12.7 Å². The number of hydrogen-bond acceptors (Lipinski definition) is 4. The van der Waals surface area contributed by atoms with Crippen molar-refractivity contribution < 1.29 is 19.4 Å². The Hall–Kier alpha value is -1.17. The van der Waals surface area contributed by atoms with E-state index in [2.05, 4.69) is 11.9 Å². The second-order valence-electron chi connectivity index (χ2n) is 5.04.